The van der Waals surface area contributed by atoms with Gasteiger partial charge >= 0.3 is 5.97 Å². The van der Waals surface area contributed by atoms with Crippen LogP contribution in [0.15, 0.2) is 35.4 Å². The summed E-state index contributed by atoms with van der Waals surface area (Å²) >= 11 is 13.6. The SMILES string of the molecule is COC(=O)CCS(=O)(=O)c1ccc(OCC(=O)N2CCc3nc4sc(C)nn4c3C2c2ccc(Cl)cc2F)c(Cl)n1. The number of pyridine rings is 1. The average Bonchev–Trinajstić information content (AvgIpc) is 3.46. The number of esters is 1. The molecule has 0 N–H and O–H groups in total. The van der Waals surface area contributed by atoms with Gasteiger partial charge < -0.3 is 14.4 Å². The molecule has 0 aliphatic carbocycles. The third-order valence-electron chi connectivity index (χ3n) is 6.41. The van der Waals surface area contributed by atoms with Crippen molar-refractivity contribution in [3.63, 3.8) is 0 Å². The first-order valence-corrected chi connectivity index (χ1v) is 15.4. The van der Waals surface area contributed by atoms with Gasteiger partial charge in [0.25, 0.3) is 5.91 Å². The summed E-state index contributed by atoms with van der Waals surface area (Å²) < 4.78 is 52.0. The molecular formula is C25H22Cl2FN5O6S2. The second kappa shape index (κ2) is 11.5. The molecule has 0 saturated carbocycles. The van der Waals surface area contributed by atoms with Gasteiger partial charge in [0.1, 0.15) is 16.9 Å². The van der Waals surface area contributed by atoms with E-state index >= 15 is 4.39 Å². The molecule has 0 spiro atoms. The van der Waals surface area contributed by atoms with E-state index in [4.69, 9.17) is 27.9 Å². The van der Waals surface area contributed by atoms with Crippen molar-refractivity contribution in [3.8, 4) is 5.75 Å². The molecule has 0 fully saturated rings. The number of fused-ring (bicyclic) bond motifs is 3. The Hall–Kier alpha value is -3.33. The number of carbonyl (C=O) groups excluding carboxylic acids is 2. The number of methoxy groups -OCH3 is 1. The van der Waals surface area contributed by atoms with Crippen molar-refractivity contribution in [2.75, 3.05) is 26.0 Å². The van der Waals surface area contributed by atoms with Crippen LogP contribution in [0.1, 0.15) is 34.4 Å². The topological polar surface area (TPSA) is 133 Å². The standard InChI is InChI=1S/C25H22Cl2FN5O6S2/c1-13-31-33-23-17(29-25(33)40-13)7-9-32(22(23)15-4-3-14(26)11-16(15)28)20(34)12-39-18-5-6-19(30-24(18)27)41(36,37)10-8-21(35)38-2/h3-6,11,22H,7-10,12H2,1-2H3. The number of aromatic nitrogens is 4. The van der Waals surface area contributed by atoms with Gasteiger partial charge in [-0.15, -0.1) is 0 Å². The minimum Gasteiger partial charge on any atom is -0.481 e. The molecule has 1 atom stereocenters. The molecule has 1 aromatic carbocycles. The molecule has 0 radical (unpaired) electrons. The quantitative estimate of drug-likeness (QED) is 0.208. The Labute approximate surface area is 247 Å². The number of halogens is 3. The molecule has 16 heteroatoms. The number of sulfone groups is 1. The molecule has 1 unspecified atom stereocenters. The van der Waals surface area contributed by atoms with Crippen molar-refractivity contribution >= 4 is 61.2 Å². The number of rotatable bonds is 8. The molecule has 0 saturated heterocycles. The third kappa shape index (κ3) is 5.87. The zero-order valence-electron chi connectivity index (χ0n) is 21.6. The summed E-state index contributed by atoms with van der Waals surface area (Å²) in [6.45, 7) is 1.57. The van der Waals surface area contributed by atoms with E-state index in [-0.39, 0.29) is 39.5 Å². The number of nitrogens with zero attached hydrogens (tertiary/aromatic N) is 5. The van der Waals surface area contributed by atoms with Crippen molar-refractivity contribution in [1.29, 1.82) is 0 Å². The first-order valence-electron chi connectivity index (χ1n) is 12.2. The van der Waals surface area contributed by atoms with E-state index in [0.717, 1.165) is 12.1 Å². The normalized spacial score (nSPS) is 15.1. The lowest BCUT2D eigenvalue weighted by Gasteiger charge is -2.35. The number of hydrogen-bond donors (Lipinski definition) is 0. The van der Waals surface area contributed by atoms with E-state index < -0.39 is 45.9 Å². The zero-order valence-corrected chi connectivity index (χ0v) is 24.8. The summed E-state index contributed by atoms with van der Waals surface area (Å²) in [5, 5.41) is 4.86. The second-order valence-electron chi connectivity index (χ2n) is 9.04. The van der Waals surface area contributed by atoms with E-state index in [1.165, 1.54) is 40.5 Å². The second-order valence-corrected chi connectivity index (χ2v) is 13.0. The Bertz CT molecular complexity index is 1780. The first-order chi connectivity index (χ1) is 19.5. The van der Waals surface area contributed by atoms with Crippen molar-refractivity contribution in [2.24, 2.45) is 0 Å². The minimum atomic E-state index is -3.92. The van der Waals surface area contributed by atoms with Crippen LogP contribution < -0.4 is 4.74 Å². The highest BCUT2D eigenvalue weighted by Crippen LogP contribution is 2.38. The smallest absolute Gasteiger partial charge is 0.306 e. The van der Waals surface area contributed by atoms with Gasteiger partial charge in [-0.2, -0.15) is 5.10 Å². The maximum absolute atomic E-state index is 15.2. The van der Waals surface area contributed by atoms with Crippen LogP contribution in [0.25, 0.3) is 4.96 Å². The van der Waals surface area contributed by atoms with E-state index in [2.05, 4.69) is 19.8 Å². The molecular weight excluding hydrogens is 620 g/mol. The Morgan fingerprint density at radius 3 is 2.68 bits per heavy atom. The number of benzene rings is 1. The largest absolute Gasteiger partial charge is 0.481 e. The molecule has 11 nitrogen and oxygen atoms in total. The highest BCUT2D eigenvalue weighted by molar-refractivity contribution is 7.91. The average molecular weight is 643 g/mol. The van der Waals surface area contributed by atoms with Crippen LogP contribution in [-0.2, 0) is 30.6 Å². The van der Waals surface area contributed by atoms with Gasteiger partial charge in [0, 0.05) is 23.6 Å². The monoisotopic (exact) mass is 641 g/mol. The molecule has 5 rings (SSSR count). The number of amides is 1. The summed E-state index contributed by atoms with van der Waals surface area (Å²) in [7, 11) is -2.77. The van der Waals surface area contributed by atoms with Crippen LogP contribution in [0, 0.1) is 12.7 Å². The Morgan fingerprint density at radius 2 is 1.98 bits per heavy atom. The predicted octanol–water partition coefficient (Wildman–Crippen LogP) is 3.83. The maximum atomic E-state index is 15.2. The molecule has 3 aromatic heterocycles. The first kappa shape index (κ1) is 29.2. The molecule has 1 aliphatic heterocycles. The van der Waals surface area contributed by atoms with Crippen molar-refractivity contribution in [3.05, 3.63) is 68.3 Å². The fourth-order valence-electron chi connectivity index (χ4n) is 4.50. The lowest BCUT2D eigenvalue weighted by molar-refractivity contribution is -0.140. The fourth-order valence-corrected chi connectivity index (χ4v) is 6.84. The Balaban J connectivity index is 1.39. The van der Waals surface area contributed by atoms with Crippen molar-refractivity contribution in [2.45, 2.75) is 30.8 Å². The van der Waals surface area contributed by atoms with E-state index in [1.807, 2.05) is 6.92 Å². The molecule has 4 heterocycles. The molecule has 41 heavy (non-hydrogen) atoms. The third-order valence-corrected chi connectivity index (χ3v) is 9.35. The van der Waals surface area contributed by atoms with Gasteiger partial charge in [-0.25, -0.2) is 27.3 Å². The number of carbonyl (C=O) groups is 2. The van der Waals surface area contributed by atoms with Crippen LogP contribution in [0.5, 0.6) is 5.75 Å². The van der Waals surface area contributed by atoms with E-state index in [1.54, 1.807) is 10.6 Å². The Kier molecular flexibility index (Phi) is 8.19. The maximum Gasteiger partial charge on any atom is 0.306 e. The van der Waals surface area contributed by atoms with Crippen LogP contribution in [0.4, 0.5) is 4.39 Å². The molecule has 1 aliphatic rings. The summed E-state index contributed by atoms with van der Waals surface area (Å²) in [5.41, 5.74) is 1.51. The van der Waals surface area contributed by atoms with Crippen LogP contribution in [-0.4, -0.2) is 70.8 Å². The zero-order chi connectivity index (χ0) is 29.5. The fraction of sp³-hybridized carbons (Fsp3) is 0.320. The van der Waals surface area contributed by atoms with E-state index in [0.29, 0.717) is 22.8 Å². The molecule has 1 amide bonds. The lowest BCUT2D eigenvalue weighted by Crippen LogP contribution is -2.43. The Morgan fingerprint density at radius 1 is 1.20 bits per heavy atom. The van der Waals surface area contributed by atoms with Crippen LogP contribution >= 0.6 is 34.5 Å². The van der Waals surface area contributed by atoms with Crippen molar-refractivity contribution < 1.29 is 31.9 Å². The van der Waals surface area contributed by atoms with Gasteiger partial charge in [0.05, 0.1) is 30.7 Å². The number of hydrogen-bond acceptors (Lipinski definition) is 10. The molecule has 0 bridgehead atoms. The number of imidazole rings is 1. The van der Waals surface area contributed by atoms with E-state index in [9.17, 15) is 18.0 Å². The summed E-state index contributed by atoms with van der Waals surface area (Å²) in [4.78, 5) is 35.5. The van der Waals surface area contributed by atoms with Gasteiger partial charge in [0.15, 0.2) is 32.4 Å². The molecule has 4 aromatic rings. The minimum absolute atomic E-state index is 0.0271. The number of aryl methyl sites for hydroxylation is 1. The van der Waals surface area contributed by atoms with Crippen LogP contribution in [0.3, 0.4) is 0 Å². The van der Waals surface area contributed by atoms with Gasteiger partial charge in [0.2, 0.25) is 4.96 Å². The lowest BCUT2D eigenvalue weighted by atomic mass is 9.95. The summed E-state index contributed by atoms with van der Waals surface area (Å²) in [6.07, 6.45) is 0.0735. The van der Waals surface area contributed by atoms with Gasteiger partial charge in [-0.3, -0.25) is 9.59 Å². The molecule has 216 valence electrons. The van der Waals surface area contributed by atoms with Crippen LogP contribution in [0.2, 0.25) is 10.2 Å². The summed E-state index contributed by atoms with van der Waals surface area (Å²) in [5.74, 6) is -2.29. The predicted molar refractivity (Wildman–Crippen MR) is 148 cm³/mol. The highest BCUT2D eigenvalue weighted by Gasteiger charge is 2.38. The highest BCUT2D eigenvalue weighted by atomic mass is 35.5. The van der Waals surface area contributed by atoms with Gasteiger partial charge in [-0.05, 0) is 31.2 Å². The van der Waals surface area contributed by atoms with Gasteiger partial charge in [-0.1, -0.05) is 40.6 Å². The number of ether oxygens (including phenoxy) is 2. The summed E-state index contributed by atoms with van der Waals surface area (Å²) in [6, 6.07) is 5.84. The van der Waals surface area contributed by atoms with Crippen molar-refractivity contribution in [1.82, 2.24) is 24.5 Å².